The molecule has 1 amide bonds. The first-order valence-corrected chi connectivity index (χ1v) is 8.81. The lowest BCUT2D eigenvalue weighted by atomic mass is 10.2. The lowest BCUT2D eigenvalue weighted by Gasteiger charge is -2.09. The quantitative estimate of drug-likeness (QED) is 0.591. The predicted molar refractivity (Wildman–Crippen MR) is 99.4 cm³/mol. The van der Waals surface area contributed by atoms with Crippen LogP contribution in [0, 0.1) is 0 Å². The van der Waals surface area contributed by atoms with Gasteiger partial charge in [-0.05, 0) is 24.6 Å². The smallest absolute Gasteiger partial charge is 0.252 e. The Kier molecular flexibility index (Phi) is 6.96. The molecule has 0 spiro atoms. The Morgan fingerprint density at radius 2 is 1.83 bits per heavy atom. The van der Waals surface area contributed by atoms with E-state index in [1.54, 1.807) is 30.0 Å². The van der Waals surface area contributed by atoms with Crippen molar-refractivity contribution in [2.45, 2.75) is 17.9 Å². The molecule has 1 N–H and O–H groups in total. The molecule has 23 heavy (non-hydrogen) atoms. The van der Waals surface area contributed by atoms with E-state index in [0.717, 1.165) is 5.75 Å². The van der Waals surface area contributed by atoms with E-state index < -0.39 is 0 Å². The molecule has 0 bridgehead atoms. The van der Waals surface area contributed by atoms with Crippen LogP contribution in [0.1, 0.15) is 18.1 Å². The topological polar surface area (TPSA) is 41.5 Å². The van der Waals surface area contributed by atoms with E-state index in [0.29, 0.717) is 15.6 Å². The fourth-order valence-corrected chi connectivity index (χ4v) is 3.09. The van der Waals surface area contributed by atoms with Gasteiger partial charge in [-0.25, -0.2) is 5.43 Å². The molecule has 6 heteroatoms. The summed E-state index contributed by atoms with van der Waals surface area (Å²) >= 11 is 13.6. The fourth-order valence-electron chi connectivity index (χ4n) is 1.76. The first-order valence-electron chi connectivity index (χ1n) is 7.00. The van der Waals surface area contributed by atoms with Gasteiger partial charge in [-0.15, -0.1) is 11.8 Å². The molecule has 0 aliphatic carbocycles. The van der Waals surface area contributed by atoms with Crippen LogP contribution in [-0.4, -0.2) is 17.4 Å². The maximum atomic E-state index is 12.0. The molecule has 0 aliphatic heterocycles. The first kappa shape index (κ1) is 17.9. The Morgan fingerprint density at radius 1 is 1.17 bits per heavy atom. The molecule has 0 unspecified atom stereocenters. The van der Waals surface area contributed by atoms with Crippen LogP contribution in [0.4, 0.5) is 0 Å². The zero-order valence-corrected chi connectivity index (χ0v) is 14.8. The second-order valence-corrected chi connectivity index (χ2v) is 6.95. The Labute approximate surface area is 150 Å². The summed E-state index contributed by atoms with van der Waals surface area (Å²) in [4.78, 5) is 12.0. The highest BCUT2D eigenvalue weighted by Gasteiger charge is 2.12. The van der Waals surface area contributed by atoms with Crippen molar-refractivity contribution < 1.29 is 4.79 Å². The van der Waals surface area contributed by atoms with Gasteiger partial charge in [-0.3, -0.25) is 4.79 Å². The highest BCUT2D eigenvalue weighted by atomic mass is 35.5. The van der Waals surface area contributed by atoms with Crippen LogP contribution in [0.25, 0.3) is 0 Å². The van der Waals surface area contributed by atoms with Crippen LogP contribution < -0.4 is 5.43 Å². The van der Waals surface area contributed by atoms with Gasteiger partial charge in [-0.2, -0.15) is 5.10 Å². The van der Waals surface area contributed by atoms with Gasteiger partial charge in [0.2, 0.25) is 0 Å². The van der Waals surface area contributed by atoms with E-state index in [1.807, 2.05) is 37.3 Å². The van der Waals surface area contributed by atoms with Gasteiger partial charge in [0.25, 0.3) is 5.91 Å². The molecule has 0 aliphatic rings. The Hall–Kier alpha value is -1.49. The second kappa shape index (κ2) is 8.96. The molecule has 120 valence electrons. The number of amides is 1. The van der Waals surface area contributed by atoms with E-state index >= 15 is 0 Å². The summed E-state index contributed by atoms with van der Waals surface area (Å²) < 4.78 is 0. The lowest BCUT2D eigenvalue weighted by Crippen LogP contribution is -2.27. The maximum Gasteiger partial charge on any atom is 0.252 e. The number of nitrogens with zero attached hydrogens (tertiary/aromatic N) is 1. The monoisotopic (exact) mass is 366 g/mol. The molecule has 0 radical (unpaired) electrons. The first-order chi connectivity index (χ1) is 11.1. The highest BCUT2D eigenvalue weighted by molar-refractivity contribution is 7.99. The minimum Gasteiger partial charge on any atom is -0.272 e. The van der Waals surface area contributed by atoms with Crippen LogP contribution >= 0.6 is 35.0 Å². The zero-order chi connectivity index (χ0) is 16.7. The molecule has 2 aromatic rings. The zero-order valence-electron chi connectivity index (χ0n) is 12.5. The standard InChI is InChI=1S/C17H16Cl2N2OS/c1-12(23-11-13-6-3-2-4-7-13)17(22)21-20-10-14-15(18)8-5-9-16(14)19/h2-10,12H,11H2,1H3,(H,21,22)/b20-10-/t12-/m1/s1. The van der Waals surface area contributed by atoms with Crippen molar-refractivity contribution >= 4 is 47.1 Å². The number of carbonyl (C=O) groups is 1. The average molecular weight is 367 g/mol. The number of hydrazone groups is 1. The van der Waals surface area contributed by atoms with Crippen molar-refractivity contribution in [1.82, 2.24) is 5.43 Å². The van der Waals surface area contributed by atoms with Crippen molar-refractivity contribution in [3.05, 3.63) is 69.7 Å². The number of carbonyl (C=O) groups excluding carboxylic acids is 1. The Bertz CT molecular complexity index is 672. The molecule has 2 aromatic carbocycles. The normalized spacial score (nSPS) is 12.3. The van der Waals surface area contributed by atoms with Gasteiger partial charge < -0.3 is 0 Å². The molecular formula is C17H16Cl2N2OS. The van der Waals surface area contributed by atoms with Crippen molar-refractivity contribution in [3.63, 3.8) is 0 Å². The lowest BCUT2D eigenvalue weighted by molar-refractivity contribution is -0.120. The maximum absolute atomic E-state index is 12.0. The van der Waals surface area contributed by atoms with E-state index in [-0.39, 0.29) is 11.2 Å². The van der Waals surface area contributed by atoms with E-state index in [1.165, 1.54) is 11.8 Å². The van der Waals surface area contributed by atoms with Crippen molar-refractivity contribution in [2.75, 3.05) is 0 Å². The summed E-state index contributed by atoms with van der Waals surface area (Å²) in [6.45, 7) is 1.85. The SMILES string of the molecule is C[C@@H](SCc1ccccc1)C(=O)N/N=C\c1c(Cl)cccc1Cl. The number of hydrogen-bond donors (Lipinski definition) is 1. The Balaban J connectivity index is 1.85. The summed E-state index contributed by atoms with van der Waals surface area (Å²) in [6.07, 6.45) is 1.46. The summed E-state index contributed by atoms with van der Waals surface area (Å²) in [6, 6.07) is 15.2. The second-order valence-electron chi connectivity index (χ2n) is 4.81. The minimum atomic E-state index is -0.214. The van der Waals surface area contributed by atoms with Crippen molar-refractivity contribution in [1.29, 1.82) is 0 Å². The largest absolute Gasteiger partial charge is 0.272 e. The molecule has 2 rings (SSSR count). The summed E-state index contributed by atoms with van der Waals surface area (Å²) in [7, 11) is 0. The van der Waals surface area contributed by atoms with E-state index in [4.69, 9.17) is 23.2 Å². The molecule has 0 aromatic heterocycles. The number of hydrogen-bond acceptors (Lipinski definition) is 3. The summed E-state index contributed by atoms with van der Waals surface area (Å²) in [5.74, 6) is 0.612. The van der Waals surface area contributed by atoms with Crippen LogP contribution in [-0.2, 0) is 10.5 Å². The molecule has 3 nitrogen and oxygen atoms in total. The van der Waals surface area contributed by atoms with Crippen LogP contribution in [0.2, 0.25) is 10.0 Å². The molecular weight excluding hydrogens is 351 g/mol. The number of thioether (sulfide) groups is 1. The van der Waals surface area contributed by atoms with E-state index in [2.05, 4.69) is 10.5 Å². The van der Waals surface area contributed by atoms with Crippen molar-refractivity contribution in [3.8, 4) is 0 Å². The van der Waals surface area contributed by atoms with Gasteiger partial charge in [-0.1, -0.05) is 59.6 Å². The predicted octanol–water partition coefficient (Wildman–Crippen LogP) is 4.77. The van der Waals surface area contributed by atoms with Crippen molar-refractivity contribution in [2.24, 2.45) is 5.10 Å². The van der Waals surface area contributed by atoms with Crippen LogP contribution in [0.15, 0.2) is 53.6 Å². The molecule has 0 saturated heterocycles. The van der Waals surface area contributed by atoms with Gasteiger partial charge in [0.15, 0.2) is 0 Å². The van der Waals surface area contributed by atoms with Gasteiger partial charge in [0, 0.05) is 11.3 Å². The van der Waals surface area contributed by atoms with E-state index in [9.17, 15) is 4.79 Å². The van der Waals surface area contributed by atoms with Gasteiger partial charge in [0.1, 0.15) is 0 Å². The third-order valence-corrected chi connectivity index (χ3v) is 4.95. The summed E-state index contributed by atoms with van der Waals surface area (Å²) in [5.41, 5.74) is 4.28. The molecule has 0 fully saturated rings. The minimum absolute atomic E-state index is 0.162. The number of halogens is 2. The van der Waals surface area contributed by atoms with Crippen LogP contribution in [0.5, 0.6) is 0 Å². The van der Waals surface area contributed by atoms with Crippen LogP contribution in [0.3, 0.4) is 0 Å². The molecule has 1 atom stereocenters. The third kappa shape index (κ3) is 5.57. The third-order valence-electron chi connectivity index (χ3n) is 3.08. The molecule has 0 saturated carbocycles. The highest BCUT2D eigenvalue weighted by Crippen LogP contribution is 2.22. The summed E-state index contributed by atoms with van der Waals surface area (Å²) in [5, 5.41) is 4.69. The fraction of sp³-hybridized carbons (Fsp3) is 0.176. The van der Waals surface area contributed by atoms with Gasteiger partial charge >= 0.3 is 0 Å². The molecule has 0 heterocycles. The number of nitrogens with one attached hydrogen (secondary N) is 1. The number of benzene rings is 2. The number of rotatable bonds is 6. The van der Waals surface area contributed by atoms with Gasteiger partial charge in [0.05, 0.1) is 21.5 Å². The average Bonchev–Trinajstić information content (AvgIpc) is 2.56. The Morgan fingerprint density at radius 3 is 2.48 bits per heavy atom.